The molecule has 0 spiro atoms. The first-order valence-corrected chi connectivity index (χ1v) is 8.29. The second-order valence-electron chi connectivity index (χ2n) is 5.26. The molecule has 0 bridgehead atoms. The molecular weight excluding hydrogens is 296 g/mol. The third kappa shape index (κ3) is 1.91. The van der Waals surface area contributed by atoms with Gasteiger partial charge in [0, 0.05) is 5.92 Å². The van der Waals surface area contributed by atoms with Crippen LogP contribution in [0.25, 0.3) is 0 Å². The molecular formula is C17H12N2O2S. The summed E-state index contributed by atoms with van der Waals surface area (Å²) in [6.45, 7) is 0. The van der Waals surface area contributed by atoms with E-state index in [0.717, 1.165) is 0 Å². The monoisotopic (exact) mass is 308 g/mol. The highest BCUT2D eigenvalue weighted by molar-refractivity contribution is 7.92. The molecule has 0 N–H and O–H groups in total. The smallest absolute Gasteiger partial charge is 0.184 e. The van der Waals surface area contributed by atoms with Crippen molar-refractivity contribution in [3.63, 3.8) is 0 Å². The van der Waals surface area contributed by atoms with Crippen molar-refractivity contribution in [2.75, 3.05) is 0 Å². The minimum absolute atomic E-state index is 0.147. The number of hydrogen-bond acceptors (Lipinski definition) is 4. The van der Waals surface area contributed by atoms with E-state index < -0.39 is 26.4 Å². The van der Waals surface area contributed by atoms with Gasteiger partial charge in [-0.2, -0.15) is 10.5 Å². The average Bonchev–Trinajstić information content (AvgIpc) is 3.27. The normalized spacial score (nSPS) is 22.3. The molecule has 1 saturated carbocycles. The molecule has 0 aliphatic heterocycles. The van der Waals surface area contributed by atoms with Gasteiger partial charge in [0.1, 0.15) is 5.25 Å². The molecule has 0 heterocycles. The zero-order valence-electron chi connectivity index (χ0n) is 11.5. The summed E-state index contributed by atoms with van der Waals surface area (Å²) in [6, 6.07) is 20.7. The van der Waals surface area contributed by atoms with Crippen LogP contribution in [0.4, 0.5) is 0 Å². The second kappa shape index (κ2) is 4.98. The Morgan fingerprint density at radius 3 is 1.86 bits per heavy atom. The lowest BCUT2D eigenvalue weighted by molar-refractivity contribution is 0.591. The molecule has 5 heteroatoms. The zero-order valence-corrected chi connectivity index (χ0v) is 12.4. The molecule has 22 heavy (non-hydrogen) atoms. The zero-order chi connectivity index (χ0) is 15.8. The van der Waals surface area contributed by atoms with E-state index in [9.17, 15) is 18.9 Å². The van der Waals surface area contributed by atoms with Crippen molar-refractivity contribution < 1.29 is 8.42 Å². The van der Waals surface area contributed by atoms with Gasteiger partial charge in [0.25, 0.3) is 0 Å². The van der Waals surface area contributed by atoms with Crippen LogP contribution >= 0.6 is 0 Å². The Morgan fingerprint density at radius 2 is 1.36 bits per heavy atom. The summed E-state index contributed by atoms with van der Waals surface area (Å²) in [4.78, 5) is 0.147. The number of hydrogen-bond donors (Lipinski definition) is 0. The van der Waals surface area contributed by atoms with Gasteiger partial charge in [0.2, 0.25) is 0 Å². The quantitative estimate of drug-likeness (QED) is 0.873. The van der Waals surface area contributed by atoms with E-state index in [4.69, 9.17) is 0 Å². The summed E-state index contributed by atoms with van der Waals surface area (Å²) >= 11 is 0. The molecule has 4 nitrogen and oxygen atoms in total. The molecule has 0 radical (unpaired) electrons. The standard InChI is InChI=1S/C17H12N2O2S/c18-11-17(12-19)15(13-7-3-1-4-8-13)16(17)22(20,21)14-9-5-2-6-10-14/h1-10,15-16H/t15-,16+/m0/s1. The minimum Gasteiger partial charge on any atom is -0.223 e. The Balaban J connectivity index is 2.11. The van der Waals surface area contributed by atoms with Crippen molar-refractivity contribution in [2.45, 2.75) is 16.1 Å². The predicted molar refractivity (Wildman–Crippen MR) is 80.3 cm³/mol. The number of benzene rings is 2. The third-order valence-electron chi connectivity index (χ3n) is 4.07. The molecule has 2 aromatic carbocycles. The van der Waals surface area contributed by atoms with E-state index >= 15 is 0 Å². The van der Waals surface area contributed by atoms with E-state index in [0.29, 0.717) is 5.56 Å². The Labute approximate surface area is 129 Å². The maximum Gasteiger partial charge on any atom is 0.184 e. The molecule has 1 aliphatic rings. The van der Waals surface area contributed by atoms with E-state index in [-0.39, 0.29) is 4.90 Å². The highest BCUT2D eigenvalue weighted by Gasteiger charge is 2.73. The van der Waals surface area contributed by atoms with Gasteiger partial charge in [-0.3, -0.25) is 0 Å². The SMILES string of the molecule is N#CC1(C#N)[C@H](S(=O)(=O)c2ccccc2)[C@@H]1c1ccccc1. The van der Waals surface area contributed by atoms with Crippen LogP contribution in [0, 0.1) is 28.1 Å². The number of nitriles is 2. The van der Waals surface area contributed by atoms with Crippen molar-refractivity contribution in [1.29, 1.82) is 10.5 Å². The Morgan fingerprint density at radius 1 is 0.864 bits per heavy atom. The molecule has 2 atom stereocenters. The Bertz CT molecular complexity index is 864. The average molecular weight is 308 g/mol. The summed E-state index contributed by atoms with van der Waals surface area (Å²) in [5, 5.41) is 17.8. The van der Waals surface area contributed by atoms with Crippen molar-refractivity contribution in [2.24, 2.45) is 5.41 Å². The number of rotatable bonds is 3. The van der Waals surface area contributed by atoms with Gasteiger partial charge in [0.15, 0.2) is 15.3 Å². The van der Waals surface area contributed by atoms with Crippen LogP contribution in [0.5, 0.6) is 0 Å². The lowest BCUT2D eigenvalue weighted by Crippen LogP contribution is -2.14. The maximum absolute atomic E-state index is 12.8. The summed E-state index contributed by atoms with van der Waals surface area (Å²) in [5.41, 5.74) is -0.814. The molecule has 0 unspecified atom stereocenters. The maximum atomic E-state index is 12.8. The van der Waals surface area contributed by atoms with Gasteiger partial charge in [-0.05, 0) is 17.7 Å². The molecule has 1 aliphatic carbocycles. The van der Waals surface area contributed by atoms with Crippen LogP contribution in [-0.4, -0.2) is 13.7 Å². The number of nitrogens with zero attached hydrogens (tertiary/aromatic N) is 2. The Hall–Kier alpha value is -2.63. The van der Waals surface area contributed by atoms with Crippen LogP contribution in [0.1, 0.15) is 11.5 Å². The third-order valence-corrected chi connectivity index (χ3v) is 6.31. The molecule has 0 amide bonds. The first kappa shape index (κ1) is 14.3. The summed E-state index contributed by atoms with van der Waals surface area (Å²) in [5.74, 6) is -0.617. The van der Waals surface area contributed by atoms with Crippen molar-refractivity contribution in [3.05, 3.63) is 66.2 Å². The van der Waals surface area contributed by atoms with E-state index in [2.05, 4.69) is 0 Å². The second-order valence-corrected chi connectivity index (χ2v) is 7.33. The predicted octanol–water partition coefficient (Wildman–Crippen LogP) is 2.66. The lowest BCUT2D eigenvalue weighted by Gasteiger charge is -2.03. The first-order chi connectivity index (χ1) is 10.6. The summed E-state index contributed by atoms with van der Waals surface area (Å²) < 4.78 is 25.6. The molecule has 0 aromatic heterocycles. The molecule has 2 aromatic rings. The van der Waals surface area contributed by atoms with Gasteiger partial charge in [-0.15, -0.1) is 0 Å². The van der Waals surface area contributed by atoms with Crippen LogP contribution in [0.2, 0.25) is 0 Å². The largest absolute Gasteiger partial charge is 0.223 e. The van der Waals surface area contributed by atoms with Crippen molar-refractivity contribution >= 4 is 9.84 Å². The van der Waals surface area contributed by atoms with Crippen LogP contribution in [-0.2, 0) is 9.84 Å². The minimum atomic E-state index is -3.74. The fraction of sp³-hybridized carbons (Fsp3) is 0.176. The van der Waals surface area contributed by atoms with Crippen molar-refractivity contribution in [1.82, 2.24) is 0 Å². The van der Waals surface area contributed by atoms with Crippen LogP contribution in [0.3, 0.4) is 0 Å². The highest BCUT2D eigenvalue weighted by Crippen LogP contribution is 2.63. The van der Waals surface area contributed by atoms with Gasteiger partial charge in [-0.1, -0.05) is 48.5 Å². The molecule has 0 saturated heterocycles. The summed E-state index contributed by atoms with van der Waals surface area (Å²) in [7, 11) is -3.74. The first-order valence-electron chi connectivity index (χ1n) is 6.74. The van der Waals surface area contributed by atoms with Gasteiger partial charge in [-0.25, -0.2) is 8.42 Å². The molecule has 1 fully saturated rings. The van der Waals surface area contributed by atoms with E-state index in [1.54, 1.807) is 42.5 Å². The highest BCUT2D eigenvalue weighted by atomic mass is 32.2. The Kier molecular flexibility index (Phi) is 3.24. The van der Waals surface area contributed by atoms with Gasteiger partial charge in [0.05, 0.1) is 17.0 Å². The van der Waals surface area contributed by atoms with E-state index in [1.165, 1.54) is 12.1 Å². The lowest BCUT2D eigenvalue weighted by atomic mass is 10.0. The molecule has 108 valence electrons. The van der Waals surface area contributed by atoms with Crippen LogP contribution < -0.4 is 0 Å². The van der Waals surface area contributed by atoms with Gasteiger partial charge < -0.3 is 0 Å². The van der Waals surface area contributed by atoms with E-state index in [1.807, 2.05) is 18.2 Å². The summed E-state index contributed by atoms with van der Waals surface area (Å²) in [6.07, 6.45) is 0. The molecule has 3 rings (SSSR count). The number of sulfone groups is 1. The topological polar surface area (TPSA) is 81.7 Å². The fourth-order valence-electron chi connectivity index (χ4n) is 2.93. The van der Waals surface area contributed by atoms with Crippen LogP contribution in [0.15, 0.2) is 65.6 Å². The fourth-order valence-corrected chi connectivity index (χ4v) is 5.15. The van der Waals surface area contributed by atoms with Crippen molar-refractivity contribution in [3.8, 4) is 12.1 Å². The van der Waals surface area contributed by atoms with Gasteiger partial charge >= 0.3 is 0 Å².